The van der Waals surface area contributed by atoms with E-state index in [1.54, 1.807) is 0 Å². The molecular weight excluding hydrogens is 553 g/mol. The Hall–Kier alpha value is 1.06. The zero-order valence-corrected chi connectivity index (χ0v) is 24.3. The van der Waals surface area contributed by atoms with E-state index in [1.807, 2.05) is 0 Å². The number of anilines is 1. The van der Waals surface area contributed by atoms with Crippen molar-refractivity contribution in [3.8, 4) is 0 Å². The Balaban J connectivity index is 0.00000272. The molecule has 0 aliphatic carbocycles. The van der Waals surface area contributed by atoms with E-state index >= 15 is 0 Å². The molecule has 1 fully saturated rings. The molecule has 1 aliphatic heterocycles. The van der Waals surface area contributed by atoms with E-state index in [9.17, 15) is 34.0 Å². The minimum Gasteiger partial charge on any atom is -0.756 e. The van der Waals surface area contributed by atoms with Gasteiger partial charge in [-0.3, -0.25) is 13.7 Å². The molecule has 0 bridgehead atoms. The number of aliphatic hydroxyl groups is 2. The first kappa shape index (κ1) is 32.1. The van der Waals surface area contributed by atoms with Crippen molar-refractivity contribution >= 4 is 51.2 Å². The number of phosphoric acid groups is 2. The van der Waals surface area contributed by atoms with Gasteiger partial charge in [-0.05, 0) is 11.8 Å². The Morgan fingerprint density at radius 2 is 1.79 bits per heavy atom. The Morgan fingerprint density at radius 3 is 2.39 bits per heavy atom. The molecule has 2 aromatic rings. The molecule has 2 aromatic heterocycles. The predicted octanol–water partition coefficient (Wildman–Crippen LogP) is -8.77. The Kier molecular flexibility index (Phi) is 11.7. The second-order valence-electron chi connectivity index (χ2n) is 5.97. The van der Waals surface area contributed by atoms with Crippen molar-refractivity contribution in [1.82, 2.24) is 19.5 Å². The minimum absolute atomic E-state index is 0. The molecule has 0 amide bonds. The molecular formula is C10H14N5Na2O12P3S. The fourth-order valence-corrected chi connectivity index (χ4v) is 6.46. The smallest absolute Gasteiger partial charge is 0.756 e. The molecule has 0 radical (unpaired) electrons. The van der Waals surface area contributed by atoms with Crippen LogP contribution in [-0.2, 0) is 38.8 Å². The van der Waals surface area contributed by atoms with Crippen LogP contribution < -0.4 is 74.6 Å². The van der Waals surface area contributed by atoms with E-state index < -0.39 is 53.5 Å². The van der Waals surface area contributed by atoms with Crippen LogP contribution in [-0.4, -0.2) is 64.4 Å². The second-order valence-corrected chi connectivity index (χ2v) is 11.7. The molecule has 3 rings (SSSR count). The van der Waals surface area contributed by atoms with E-state index in [4.69, 9.17) is 19.9 Å². The van der Waals surface area contributed by atoms with Gasteiger partial charge in [0.25, 0.3) is 15.6 Å². The molecule has 3 heterocycles. The van der Waals surface area contributed by atoms with Gasteiger partial charge in [0.1, 0.15) is 30.2 Å². The minimum atomic E-state index is -5.80. The molecule has 0 saturated carbocycles. The van der Waals surface area contributed by atoms with Crippen molar-refractivity contribution in [3.05, 3.63) is 12.7 Å². The molecule has 23 heteroatoms. The topological polar surface area (TPSA) is 268 Å². The van der Waals surface area contributed by atoms with Crippen LogP contribution in [0.4, 0.5) is 5.82 Å². The van der Waals surface area contributed by atoms with Crippen LogP contribution in [0.15, 0.2) is 12.7 Å². The summed E-state index contributed by atoms with van der Waals surface area (Å²) in [7, 11) is -11.6. The molecule has 1 aliphatic rings. The Bertz CT molecular complexity index is 1120. The number of ether oxygens (including phenoxy) is 1. The number of fused-ring (bicyclic) bond motifs is 1. The SMILES string of the molecule is Nc1ncnc2c1ncn2[C@@H]1O[C@H](COP(O)(=S)OP(=O)([O-])OP(=O)([O-])O)C(O)[C@@H]1O.[Na+].[Na+]. The number of rotatable bonds is 8. The van der Waals surface area contributed by atoms with Gasteiger partial charge in [-0.25, -0.2) is 23.6 Å². The summed E-state index contributed by atoms with van der Waals surface area (Å²) in [5.74, 6) is 0.0598. The van der Waals surface area contributed by atoms with Crippen molar-refractivity contribution in [1.29, 1.82) is 0 Å². The number of nitrogens with two attached hydrogens (primary N) is 1. The van der Waals surface area contributed by atoms with Gasteiger partial charge in [-0.2, -0.15) is 0 Å². The number of nitrogens with zero attached hydrogens (tertiary/aromatic N) is 4. The zero-order valence-electron chi connectivity index (χ0n) is 16.8. The third-order valence-corrected chi connectivity index (χ3v) is 8.45. The molecule has 6 N–H and O–H groups in total. The molecule has 0 spiro atoms. The number of nitrogen functional groups attached to an aromatic ring is 1. The molecule has 1 saturated heterocycles. The number of aliphatic hydroxyl groups excluding tert-OH is 2. The Labute approximate surface area is 234 Å². The van der Waals surface area contributed by atoms with Crippen LogP contribution in [0.3, 0.4) is 0 Å². The van der Waals surface area contributed by atoms with Gasteiger partial charge in [0.15, 0.2) is 17.7 Å². The fourth-order valence-electron chi connectivity index (χ4n) is 2.61. The number of hydrogen-bond acceptors (Lipinski definition) is 15. The van der Waals surface area contributed by atoms with Crippen molar-refractivity contribution in [3.63, 3.8) is 0 Å². The maximum absolute atomic E-state index is 11.4. The van der Waals surface area contributed by atoms with Gasteiger partial charge in [-0.15, -0.1) is 0 Å². The number of imidazole rings is 1. The van der Waals surface area contributed by atoms with E-state index in [1.165, 1.54) is 10.9 Å². The van der Waals surface area contributed by atoms with Crippen LogP contribution in [0.2, 0.25) is 0 Å². The summed E-state index contributed by atoms with van der Waals surface area (Å²) in [5, 5.41) is 20.5. The van der Waals surface area contributed by atoms with Gasteiger partial charge in [-0.1, -0.05) is 0 Å². The van der Waals surface area contributed by atoms with Gasteiger partial charge in [0, 0.05) is 0 Å². The summed E-state index contributed by atoms with van der Waals surface area (Å²) < 4.78 is 40.5. The summed E-state index contributed by atoms with van der Waals surface area (Å²) in [6, 6.07) is 0. The largest absolute Gasteiger partial charge is 1.00 e. The predicted molar refractivity (Wildman–Crippen MR) is 97.7 cm³/mol. The first-order chi connectivity index (χ1) is 14.2. The second kappa shape index (κ2) is 12.1. The monoisotopic (exact) mass is 567 g/mol. The molecule has 0 aromatic carbocycles. The van der Waals surface area contributed by atoms with Gasteiger partial charge in [0.2, 0.25) is 0 Å². The fraction of sp³-hybridized carbons (Fsp3) is 0.500. The molecule has 4 unspecified atom stereocenters. The summed E-state index contributed by atoms with van der Waals surface area (Å²) >= 11 is 4.42. The van der Waals surface area contributed by atoms with Gasteiger partial charge in [0.05, 0.1) is 12.9 Å². The van der Waals surface area contributed by atoms with E-state index in [-0.39, 0.29) is 76.1 Å². The summed E-state index contributed by atoms with van der Waals surface area (Å²) in [6.45, 7) is -5.48. The van der Waals surface area contributed by atoms with Crippen molar-refractivity contribution in [2.75, 3.05) is 12.3 Å². The van der Waals surface area contributed by atoms with Crippen molar-refractivity contribution in [2.45, 2.75) is 24.5 Å². The van der Waals surface area contributed by atoms with Crippen molar-refractivity contribution < 1.29 is 116 Å². The summed E-state index contributed by atoms with van der Waals surface area (Å²) in [4.78, 5) is 51.8. The van der Waals surface area contributed by atoms with Crippen LogP contribution >= 0.6 is 22.4 Å². The molecule has 17 nitrogen and oxygen atoms in total. The number of hydrogen-bond donors (Lipinski definition) is 5. The van der Waals surface area contributed by atoms with E-state index in [0.717, 1.165) is 6.33 Å². The number of aromatic nitrogens is 4. The molecule has 174 valence electrons. The maximum atomic E-state index is 11.4. The van der Waals surface area contributed by atoms with Crippen LogP contribution in [0.25, 0.3) is 11.2 Å². The van der Waals surface area contributed by atoms with Crippen LogP contribution in [0, 0.1) is 0 Å². The molecule has 33 heavy (non-hydrogen) atoms. The third-order valence-electron chi connectivity index (χ3n) is 3.81. The summed E-state index contributed by atoms with van der Waals surface area (Å²) in [6.07, 6.45) is -3.38. The molecule has 7 atom stereocenters. The van der Waals surface area contributed by atoms with E-state index in [0.29, 0.717) is 0 Å². The van der Waals surface area contributed by atoms with Crippen LogP contribution in [0.1, 0.15) is 6.23 Å². The normalized spacial score (nSPS) is 28.2. The van der Waals surface area contributed by atoms with E-state index in [2.05, 4.69) is 35.4 Å². The maximum Gasteiger partial charge on any atom is 1.00 e. The Morgan fingerprint density at radius 1 is 1.15 bits per heavy atom. The quantitative estimate of drug-likeness (QED) is 0.146. The van der Waals surface area contributed by atoms with Crippen LogP contribution in [0.5, 0.6) is 0 Å². The zero-order chi connectivity index (χ0) is 23.2. The van der Waals surface area contributed by atoms with Gasteiger partial charge >= 0.3 is 65.8 Å². The van der Waals surface area contributed by atoms with Gasteiger partial charge < -0.3 is 44.8 Å². The first-order valence-electron chi connectivity index (χ1n) is 7.88. The third kappa shape index (κ3) is 8.28. The summed E-state index contributed by atoms with van der Waals surface area (Å²) in [5.41, 5.74) is 6.06. The average molecular weight is 567 g/mol. The average Bonchev–Trinajstić information content (AvgIpc) is 3.13. The van der Waals surface area contributed by atoms with Crippen molar-refractivity contribution in [2.24, 2.45) is 0 Å². The standard InChI is InChI=1S/C10H16N5O12P3S.2Na/c11-8-5-9(13-2-12-8)15(3-14-5)10-7(17)6(16)4(25-10)1-24-30(23,31)27-29(21,22)26-28(18,19)20;;/h2-4,6-7,10,16-17H,1H2,(H,21,22)(H,23,31)(H2,11,12,13)(H2,18,19,20);;/q;2*+1/p-2/t4-,6?,7+,10-,30?;;/m1../s1. The first-order valence-corrected chi connectivity index (χ1v) is 13.4.